The minimum atomic E-state index is 0.676. The molecular weight excluding hydrogens is 128 g/mol. The first kappa shape index (κ1) is 7.09. The maximum absolute atomic E-state index is 4.68. The van der Waals surface area contributed by atoms with Crippen LogP contribution in [0.1, 0.15) is 5.56 Å². The van der Waals surface area contributed by atoms with Crippen molar-refractivity contribution in [1.82, 2.24) is 0 Å². The zero-order valence-corrected chi connectivity index (χ0v) is 5.83. The van der Waals surface area contributed by atoms with Gasteiger partial charge in [-0.2, -0.15) is 4.89 Å². The molecule has 1 aromatic rings. The molecule has 2 heteroatoms. The van der Waals surface area contributed by atoms with Crippen LogP contribution in [0.2, 0.25) is 0 Å². The zero-order valence-electron chi connectivity index (χ0n) is 5.83. The van der Waals surface area contributed by atoms with Crippen molar-refractivity contribution in [3.8, 4) is 5.75 Å². The molecule has 0 bridgehead atoms. The van der Waals surface area contributed by atoms with Crippen LogP contribution in [-0.4, -0.2) is 0 Å². The Bertz CT molecular complexity index is 208. The second-order valence-corrected chi connectivity index (χ2v) is 2.02. The fourth-order valence-electron chi connectivity index (χ4n) is 0.735. The van der Waals surface area contributed by atoms with Crippen molar-refractivity contribution in [2.45, 2.75) is 6.92 Å². The molecular formula is C8H9O2. The molecule has 1 aromatic carbocycles. The van der Waals surface area contributed by atoms with Crippen molar-refractivity contribution in [2.24, 2.45) is 0 Å². The lowest BCUT2D eigenvalue weighted by Crippen LogP contribution is -1.87. The summed E-state index contributed by atoms with van der Waals surface area (Å²) in [4.78, 5) is 8.91. The maximum Gasteiger partial charge on any atom is 0.165 e. The van der Waals surface area contributed by atoms with E-state index in [-0.39, 0.29) is 0 Å². The van der Waals surface area contributed by atoms with E-state index < -0.39 is 0 Å². The topological polar surface area (TPSA) is 18.5 Å². The van der Waals surface area contributed by atoms with Crippen molar-refractivity contribution in [3.05, 3.63) is 36.9 Å². The Kier molecular flexibility index (Phi) is 2.29. The maximum atomic E-state index is 4.68. The molecule has 0 saturated carbocycles. The van der Waals surface area contributed by atoms with E-state index in [1.807, 2.05) is 25.1 Å². The van der Waals surface area contributed by atoms with E-state index in [1.54, 1.807) is 6.07 Å². The molecule has 0 unspecified atom stereocenters. The Labute approximate surface area is 60.3 Å². The van der Waals surface area contributed by atoms with Crippen LogP contribution in [0.3, 0.4) is 0 Å². The number of benzene rings is 1. The summed E-state index contributed by atoms with van der Waals surface area (Å²) in [5, 5.41) is 0. The SMILES string of the molecule is [CH2]OOc1cccc(C)c1. The van der Waals surface area contributed by atoms with Gasteiger partial charge < -0.3 is 4.89 Å². The van der Waals surface area contributed by atoms with Gasteiger partial charge in [0.1, 0.15) is 7.11 Å². The largest absolute Gasteiger partial charge is 0.337 e. The van der Waals surface area contributed by atoms with Gasteiger partial charge in [-0.05, 0) is 24.6 Å². The van der Waals surface area contributed by atoms with Crippen LogP contribution in [0.15, 0.2) is 24.3 Å². The summed E-state index contributed by atoms with van der Waals surface area (Å²) in [6, 6.07) is 7.54. The van der Waals surface area contributed by atoms with Gasteiger partial charge in [0.15, 0.2) is 5.75 Å². The zero-order chi connectivity index (χ0) is 7.40. The fourth-order valence-corrected chi connectivity index (χ4v) is 0.735. The van der Waals surface area contributed by atoms with Crippen LogP contribution in [0.5, 0.6) is 5.75 Å². The second kappa shape index (κ2) is 3.22. The van der Waals surface area contributed by atoms with E-state index in [0.29, 0.717) is 5.75 Å². The molecule has 0 amide bonds. The Morgan fingerprint density at radius 1 is 1.40 bits per heavy atom. The predicted molar refractivity (Wildman–Crippen MR) is 38.2 cm³/mol. The molecule has 1 radical (unpaired) electrons. The Morgan fingerprint density at radius 3 is 2.80 bits per heavy atom. The summed E-state index contributed by atoms with van der Waals surface area (Å²) in [7, 11) is 3.09. The minimum Gasteiger partial charge on any atom is -0.337 e. The molecule has 0 aliphatic carbocycles. The lowest BCUT2D eigenvalue weighted by atomic mass is 10.2. The predicted octanol–water partition coefficient (Wildman–Crippen LogP) is 2.10. The number of aryl methyl sites for hydroxylation is 1. The van der Waals surface area contributed by atoms with Gasteiger partial charge in [0.2, 0.25) is 0 Å². The molecule has 0 saturated heterocycles. The number of hydrogen-bond acceptors (Lipinski definition) is 2. The molecule has 0 aromatic heterocycles. The highest BCUT2D eigenvalue weighted by atomic mass is 17.2. The number of hydrogen-bond donors (Lipinski definition) is 0. The summed E-state index contributed by atoms with van der Waals surface area (Å²) in [5.41, 5.74) is 1.13. The van der Waals surface area contributed by atoms with Gasteiger partial charge in [0.05, 0.1) is 0 Å². The van der Waals surface area contributed by atoms with Gasteiger partial charge in [0.25, 0.3) is 0 Å². The molecule has 0 atom stereocenters. The fraction of sp³-hybridized carbons (Fsp3) is 0.125. The molecule has 0 heterocycles. The van der Waals surface area contributed by atoms with Gasteiger partial charge >= 0.3 is 0 Å². The molecule has 0 aliphatic rings. The Hall–Kier alpha value is -1.02. The molecule has 0 aliphatic heterocycles. The van der Waals surface area contributed by atoms with Gasteiger partial charge in [-0.1, -0.05) is 12.1 Å². The van der Waals surface area contributed by atoms with Crippen molar-refractivity contribution < 1.29 is 9.78 Å². The molecule has 1 rings (SSSR count). The molecule has 0 N–H and O–H groups in total. The van der Waals surface area contributed by atoms with Gasteiger partial charge in [-0.15, -0.1) is 0 Å². The first-order chi connectivity index (χ1) is 4.83. The van der Waals surface area contributed by atoms with Crippen molar-refractivity contribution >= 4 is 0 Å². The first-order valence-electron chi connectivity index (χ1n) is 2.98. The standard InChI is InChI=1S/C8H9O2/c1-7-4-3-5-8(6-7)10-9-2/h3-6H,2H2,1H3. The van der Waals surface area contributed by atoms with E-state index in [9.17, 15) is 0 Å². The van der Waals surface area contributed by atoms with Gasteiger partial charge in [0, 0.05) is 0 Å². The molecule has 2 nitrogen and oxygen atoms in total. The minimum absolute atomic E-state index is 0.676. The van der Waals surface area contributed by atoms with Crippen molar-refractivity contribution in [1.29, 1.82) is 0 Å². The van der Waals surface area contributed by atoms with Crippen LogP contribution in [0, 0.1) is 14.0 Å². The third-order valence-corrected chi connectivity index (χ3v) is 1.14. The van der Waals surface area contributed by atoms with E-state index in [2.05, 4.69) is 16.9 Å². The van der Waals surface area contributed by atoms with Crippen LogP contribution < -0.4 is 4.89 Å². The van der Waals surface area contributed by atoms with E-state index in [4.69, 9.17) is 0 Å². The summed E-state index contributed by atoms with van der Waals surface area (Å²) in [6.45, 7) is 1.98. The van der Waals surface area contributed by atoms with Crippen LogP contribution >= 0.6 is 0 Å². The van der Waals surface area contributed by atoms with E-state index in [1.165, 1.54) is 0 Å². The second-order valence-electron chi connectivity index (χ2n) is 2.02. The van der Waals surface area contributed by atoms with Gasteiger partial charge in [-0.3, -0.25) is 0 Å². The number of rotatable bonds is 2. The first-order valence-corrected chi connectivity index (χ1v) is 2.98. The molecule has 0 spiro atoms. The average molecular weight is 137 g/mol. The monoisotopic (exact) mass is 137 g/mol. The Balaban J connectivity index is 2.75. The van der Waals surface area contributed by atoms with E-state index in [0.717, 1.165) is 5.56 Å². The lowest BCUT2D eigenvalue weighted by Gasteiger charge is -1.99. The lowest BCUT2D eigenvalue weighted by molar-refractivity contribution is -0.154. The Morgan fingerprint density at radius 2 is 2.20 bits per heavy atom. The molecule has 0 fully saturated rings. The van der Waals surface area contributed by atoms with Crippen LogP contribution in [0.4, 0.5) is 0 Å². The third kappa shape index (κ3) is 1.74. The molecule has 53 valence electrons. The smallest absolute Gasteiger partial charge is 0.165 e. The quantitative estimate of drug-likeness (QED) is 0.459. The highest BCUT2D eigenvalue weighted by Crippen LogP contribution is 2.11. The summed E-state index contributed by atoms with van der Waals surface area (Å²) in [6.07, 6.45) is 0. The molecule has 10 heavy (non-hydrogen) atoms. The van der Waals surface area contributed by atoms with Crippen molar-refractivity contribution in [3.63, 3.8) is 0 Å². The summed E-state index contributed by atoms with van der Waals surface area (Å²) >= 11 is 0. The highest BCUT2D eigenvalue weighted by molar-refractivity contribution is 5.26. The van der Waals surface area contributed by atoms with Crippen LogP contribution in [0.25, 0.3) is 0 Å². The normalized spacial score (nSPS) is 9.40. The van der Waals surface area contributed by atoms with E-state index >= 15 is 0 Å². The average Bonchev–Trinajstić information content (AvgIpc) is 1.88. The van der Waals surface area contributed by atoms with Gasteiger partial charge in [-0.25, -0.2) is 0 Å². The third-order valence-electron chi connectivity index (χ3n) is 1.14. The van der Waals surface area contributed by atoms with Crippen LogP contribution in [-0.2, 0) is 4.89 Å². The summed E-state index contributed by atoms with van der Waals surface area (Å²) < 4.78 is 0. The van der Waals surface area contributed by atoms with Crippen molar-refractivity contribution in [2.75, 3.05) is 0 Å². The highest BCUT2D eigenvalue weighted by Gasteiger charge is 1.90. The summed E-state index contributed by atoms with van der Waals surface area (Å²) in [5.74, 6) is 0.676.